The maximum Gasteiger partial charge on any atom is 0.329 e. The molecule has 4 aromatic rings. The zero-order valence-electron chi connectivity index (χ0n) is 22.2. The van der Waals surface area contributed by atoms with E-state index >= 15 is 0 Å². The molecular formula is C31H29N5O4. The van der Waals surface area contributed by atoms with Crippen molar-refractivity contribution >= 4 is 52.1 Å². The number of hydrogen-bond acceptors (Lipinski definition) is 4. The van der Waals surface area contributed by atoms with E-state index in [-0.39, 0.29) is 18.1 Å². The third kappa shape index (κ3) is 5.63. The Morgan fingerprint density at radius 1 is 0.900 bits per heavy atom. The molecule has 0 unspecified atom stereocenters. The molecule has 1 aliphatic heterocycles. The highest BCUT2D eigenvalue weighted by molar-refractivity contribution is 6.16. The van der Waals surface area contributed by atoms with Crippen molar-refractivity contribution < 1.29 is 19.2 Å². The molecule has 1 aromatic heterocycles. The molecule has 40 heavy (non-hydrogen) atoms. The monoisotopic (exact) mass is 535 g/mol. The second-order valence-electron chi connectivity index (χ2n) is 9.59. The lowest BCUT2D eigenvalue weighted by Gasteiger charge is -2.13. The van der Waals surface area contributed by atoms with Gasteiger partial charge in [0.25, 0.3) is 5.91 Å². The number of nitrogens with one attached hydrogen (secondary N) is 3. The van der Waals surface area contributed by atoms with Gasteiger partial charge in [-0.2, -0.15) is 0 Å². The van der Waals surface area contributed by atoms with Gasteiger partial charge < -0.3 is 20.5 Å². The van der Waals surface area contributed by atoms with Crippen molar-refractivity contribution in [1.82, 2.24) is 14.8 Å². The van der Waals surface area contributed by atoms with Crippen LogP contribution in [0.5, 0.6) is 0 Å². The molecule has 5 amide bonds. The molecule has 0 atom stereocenters. The second kappa shape index (κ2) is 11.3. The van der Waals surface area contributed by atoms with E-state index < -0.39 is 24.4 Å². The molecule has 1 saturated heterocycles. The fraction of sp³-hybridized carbons (Fsp3) is 0.161. The van der Waals surface area contributed by atoms with Gasteiger partial charge in [0.15, 0.2) is 0 Å². The van der Waals surface area contributed by atoms with Crippen LogP contribution in [0.1, 0.15) is 23.6 Å². The van der Waals surface area contributed by atoms with Crippen molar-refractivity contribution in [2.45, 2.75) is 26.8 Å². The highest BCUT2D eigenvalue weighted by Crippen LogP contribution is 2.25. The van der Waals surface area contributed by atoms with Crippen molar-refractivity contribution in [3.05, 3.63) is 101 Å². The number of urea groups is 1. The standard InChI is InChI=1S/C31H29N5O4/c1-3-21-10-4-6-13-25(21)33-29(38)19-36-30(39)26(34-31(36)40)16-22-17-35(27-14-7-5-12-24(22)27)18-28(37)32-23-11-8-9-20(2)15-23/h4-17H,3,18-19H2,1-2H3,(H,32,37)(H,33,38)(H,34,40)/b26-16+. The van der Waals surface area contributed by atoms with Gasteiger partial charge in [0.1, 0.15) is 18.8 Å². The number of aromatic nitrogens is 1. The number of rotatable bonds is 8. The van der Waals surface area contributed by atoms with Crippen LogP contribution in [0.25, 0.3) is 17.0 Å². The molecule has 1 fully saturated rings. The van der Waals surface area contributed by atoms with Gasteiger partial charge in [-0.3, -0.25) is 14.4 Å². The third-order valence-corrected chi connectivity index (χ3v) is 6.67. The van der Waals surface area contributed by atoms with E-state index in [1.54, 1.807) is 22.9 Å². The SMILES string of the molecule is CCc1ccccc1NC(=O)CN1C(=O)N/C(=C/c2cn(CC(=O)Nc3cccc(C)c3)c3ccccc23)C1=O. The predicted molar refractivity (Wildman–Crippen MR) is 154 cm³/mol. The summed E-state index contributed by atoms with van der Waals surface area (Å²) in [7, 11) is 0. The number of carbonyl (C=O) groups excluding carboxylic acids is 4. The Bertz CT molecular complexity index is 1670. The summed E-state index contributed by atoms with van der Waals surface area (Å²) in [6.45, 7) is 3.58. The number of carbonyl (C=O) groups is 4. The van der Waals surface area contributed by atoms with Crippen LogP contribution in [0.15, 0.2) is 84.7 Å². The highest BCUT2D eigenvalue weighted by Gasteiger charge is 2.35. The molecule has 0 bridgehead atoms. The Labute approximate surface area is 231 Å². The second-order valence-corrected chi connectivity index (χ2v) is 9.59. The van der Waals surface area contributed by atoms with Crippen LogP contribution in [-0.4, -0.2) is 39.8 Å². The van der Waals surface area contributed by atoms with Gasteiger partial charge in [0.2, 0.25) is 11.8 Å². The van der Waals surface area contributed by atoms with Crippen molar-refractivity contribution in [2.75, 3.05) is 17.2 Å². The summed E-state index contributed by atoms with van der Waals surface area (Å²) in [4.78, 5) is 52.1. The Morgan fingerprint density at radius 3 is 2.45 bits per heavy atom. The Hall–Kier alpha value is -5.18. The summed E-state index contributed by atoms with van der Waals surface area (Å²) in [6, 6.07) is 21.8. The number of hydrogen-bond donors (Lipinski definition) is 3. The molecule has 3 N–H and O–H groups in total. The average molecular weight is 536 g/mol. The highest BCUT2D eigenvalue weighted by atomic mass is 16.2. The number of para-hydroxylation sites is 2. The van der Waals surface area contributed by atoms with E-state index in [1.807, 2.05) is 80.6 Å². The quantitative estimate of drug-likeness (QED) is 0.225. The largest absolute Gasteiger partial charge is 0.337 e. The van der Waals surface area contributed by atoms with E-state index in [4.69, 9.17) is 0 Å². The van der Waals surface area contributed by atoms with E-state index in [9.17, 15) is 19.2 Å². The van der Waals surface area contributed by atoms with Crippen LogP contribution < -0.4 is 16.0 Å². The normalized spacial score (nSPS) is 14.1. The van der Waals surface area contributed by atoms with Gasteiger partial charge in [-0.05, 0) is 54.8 Å². The molecule has 202 valence electrons. The Kier molecular flexibility index (Phi) is 7.46. The number of fused-ring (bicyclic) bond motifs is 1. The molecule has 0 spiro atoms. The van der Waals surface area contributed by atoms with E-state index in [0.717, 1.165) is 33.4 Å². The number of nitrogens with zero attached hydrogens (tertiary/aromatic N) is 2. The minimum Gasteiger partial charge on any atom is -0.337 e. The van der Waals surface area contributed by atoms with Gasteiger partial charge in [-0.1, -0.05) is 55.5 Å². The minimum atomic E-state index is -0.670. The van der Waals surface area contributed by atoms with Gasteiger partial charge >= 0.3 is 6.03 Å². The predicted octanol–water partition coefficient (Wildman–Crippen LogP) is 4.68. The van der Waals surface area contributed by atoms with Crippen LogP contribution in [0, 0.1) is 6.92 Å². The van der Waals surface area contributed by atoms with Crippen molar-refractivity contribution in [3.8, 4) is 0 Å². The number of amides is 5. The summed E-state index contributed by atoms with van der Waals surface area (Å²) in [5, 5.41) is 9.08. The first kappa shape index (κ1) is 26.4. The molecule has 0 aliphatic carbocycles. The zero-order chi connectivity index (χ0) is 28.2. The van der Waals surface area contributed by atoms with Crippen LogP contribution in [0.2, 0.25) is 0 Å². The fourth-order valence-corrected chi connectivity index (χ4v) is 4.75. The van der Waals surface area contributed by atoms with Crippen LogP contribution in [0.3, 0.4) is 0 Å². The van der Waals surface area contributed by atoms with E-state index in [2.05, 4.69) is 16.0 Å². The van der Waals surface area contributed by atoms with E-state index in [1.165, 1.54) is 0 Å². The molecule has 2 heterocycles. The first-order valence-corrected chi connectivity index (χ1v) is 13.0. The first-order valence-electron chi connectivity index (χ1n) is 13.0. The number of imide groups is 1. The number of anilines is 2. The van der Waals surface area contributed by atoms with Crippen molar-refractivity contribution in [3.63, 3.8) is 0 Å². The smallest absolute Gasteiger partial charge is 0.329 e. The molecule has 0 radical (unpaired) electrons. The first-order chi connectivity index (χ1) is 19.3. The average Bonchev–Trinajstić information content (AvgIpc) is 3.40. The maximum atomic E-state index is 13.1. The fourth-order valence-electron chi connectivity index (χ4n) is 4.75. The Balaban J connectivity index is 1.33. The van der Waals surface area contributed by atoms with Gasteiger partial charge in [0.05, 0.1) is 0 Å². The van der Waals surface area contributed by atoms with Crippen LogP contribution in [-0.2, 0) is 27.3 Å². The lowest BCUT2D eigenvalue weighted by molar-refractivity contribution is -0.127. The van der Waals surface area contributed by atoms with Crippen LogP contribution >= 0.6 is 0 Å². The van der Waals surface area contributed by atoms with E-state index in [0.29, 0.717) is 16.9 Å². The van der Waals surface area contributed by atoms with Gasteiger partial charge in [0, 0.05) is 34.0 Å². The third-order valence-electron chi connectivity index (χ3n) is 6.67. The molecule has 1 aliphatic rings. The summed E-state index contributed by atoms with van der Waals surface area (Å²) >= 11 is 0. The summed E-state index contributed by atoms with van der Waals surface area (Å²) in [5.74, 6) is -1.27. The number of benzene rings is 3. The molecular weight excluding hydrogens is 506 g/mol. The molecule has 5 rings (SSSR count). The molecule has 9 nitrogen and oxygen atoms in total. The van der Waals surface area contributed by atoms with Crippen molar-refractivity contribution in [1.29, 1.82) is 0 Å². The zero-order valence-corrected chi connectivity index (χ0v) is 22.2. The molecule has 3 aromatic carbocycles. The summed E-state index contributed by atoms with van der Waals surface area (Å²) in [6.07, 6.45) is 4.07. The molecule has 0 saturated carbocycles. The van der Waals surface area contributed by atoms with Crippen LogP contribution in [0.4, 0.5) is 16.2 Å². The lowest BCUT2D eigenvalue weighted by Crippen LogP contribution is -2.38. The van der Waals surface area contributed by atoms with Crippen molar-refractivity contribution in [2.24, 2.45) is 0 Å². The minimum absolute atomic E-state index is 0.0545. The Morgan fingerprint density at radius 2 is 1.65 bits per heavy atom. The maximum absolute atomic E-state index is 13.1. The lowest BCUT2D eigenvalue weighted by atomic mass is 10.1. The van der Waals surface area contributed by atoms with Gasteiger partial charge in [-0.25, -0.2) is 9.69 Å². The van der Waals surface area contributed by atoms with Gasteiger partial charge in [-0.15, -0.1) is 0 Å². The summed E-state index contributed by atoms with van der Waals surface area (Å²) < 4.78 is 1.80. The molecule has 9 heteroatoms. The number of aryl methyl sites for hydroxylation is 2. The topological polar surface area (TPSA) is 113 Å². The summed E-state index contributed by atoms with van der Waals surface area (Å²) in [5.41, 5.74) is 4.87.